The van der Waals surface area contributed by atoms with Gasteiger partial charge in [-0.05, 0) is 136 Å². The highest BCUT2D eigenvalue weighted by Crippen LogP contribution is 2.48. The number of rotatable bonds is 4. The Morgan fingerprint density at radius 2 is 0.792 bits per heavy atom. The van der Waals surface area contributed by atoms with E-state index >= 15 is 0 Å². The fraction of sp³-hybridized carbons (Fsp3) is 0. The molecule has 0 fully saturated rings. The average Bonchev–Trinajstić information content (AvgIpc) is 3.45. The van der Waals surface area contributed by atoms with Crippen LogP contribution in [-0.4, -0.2) is 45.1 Å². The zero-order valence-electron chi connectivity index (χ0n) is 38.7. The molecule has 0 N–H and O–H groups in total. The lowest BCUT2D eigenvalue weighted by atomic mass is 9.31. The molecule has 0 saturated carbocycles. The molecule has 330 valence electrons. The van der Waals surface area contributed by atoms with E-state index in [2.05, 4.69) is 215 Å². The van der Waals surface area contributed by atoms with Gasteiger partial charge < -0.3 is 14.7 Å². The van der Waals surface area contributed by atoms with Crippen LogP contribution in [0.15, 0.2) is 225 Å². The predicted octanol–water partition coefficient (Wildman–Crippen LogP) is 7.33. The van der Waals surface area contributed by atoms with Gasteiger partial charge in [0.05, 0.1) is 39.0 Å². The first-order valence-corrected chi connectivity index (χ1v) is 24.6. The van der Waals surface area contributed by atoms with E-state index in [0.717, 1.165) is 112 Å². The van der Waals surface area contributed by atoms with Crippen molar-refractivity contribution in [2.45, 2.75) is 0 Å². The van der Waals surface area contributed by atoms with Gasteiger partial charge in [-0.25, -0.2) is 0 Å². The van der Waals surface area contributed by atoms with Crippen molar-refractivity contribution >= 4 is 154 Å². The Balaban J connectivity index is 1.13. The maximum Gasteiger partial charge on any atom is 0.293 e. The third kappa shape index (κ3) is 5.47. The summed E-state index contributed by atoms with van der Waals surface area (Å²) in [4.78, 5) is 34.2. The van der Waals surface area contributed by atoms with Crippen LogP contribution in [0.1, 0.15) is 0 Å². The van der Waals surface area contributed by atoms with Gasteiger partial charge in [-0.2, -0.15) is 0 Å². The number of anilines is 9. The molecular weight excluding hydrogens is 877 g/mol. The number of fused-ring (bicyclic) bond motifs is 13. The number of aromatic nitrogens is 5. The Kier molecular flexibility index (Phi) is 8.28. The highest BCUT2D eigenvalue weighted by atomic mass is 15.2. The molecule has 0 amide bonds. The molecular formula is C61H37B3N8. The molecule has 16 rings (SSSR count). The van der Waals surface area contributed by atoms with E-state index in [4.69, 9.17) is 24.9 Å². The minimum Gasteiger partial charge on any atom is -0.311 e. The quantitative estimate of drug-likeness (QED) is 0.170. The van der Waals surface area contributed by atoms with Gasteiger partial charge in [-0.3, -0.25) is 24.9 Å². The summed E-state index contributed by atoms with van der Waals surface area (Å²) in [5.41, 5.74) is 24.2. The van der Waals surface area contributed by atoms with Gasteiger partial charge in [-0.15, -0.1) is 0 Å². The van der Waals surface area contributed by atoms with Crippen molar-refractivity contribution in [3.63, 3.8) is 0 Å². The highest BCUT2D eigenvalue weighted by Gasteiger charge is 2.49. The minimum absolute atomic E-state index is 0.0882. The molecule has 0 unspecified atom stereocenters. The molecule has 0 bridgehead atoms. The Morgan fingerprint density at radius 1 is 0.319 bits per heavy atom. The van der Waals surface area contributed by atoms with Crippen molar-refractivity contribution in [1.29, 1.82) is 0 Å². The topological polar surface area (TPSA) is 74.2 Å². The lowest BCUT2D eigenvalue weighted by molar-refractivity contribution is 1.24. The Labute approximate surface area is 416 Å². The Morgan fingerprint density at radius 3 is 1.38 bits per heavy atom. The normalized spacial score (nSPS) is 13.7. The van der Waals surface area contributed by atoms with E-state index < -0.39 is 0 Å². The molecule has 0 spiro atoms. The molecule has 8 nitrogen and oxygen atoms in total. The van der Waals surface area contributed by atoms with Crippen LogP contribution in [0.5, 0.6) is 0 Å². The number of nitrogens with zero attached hydrogens (tertiary/aromatic N) is 8. The van der Waals surface area contributed by atoms with Crippen LogP contribution in [-0.2, 0) is 0 Å². The third-order valence-corrected chi connectivity index (χ3v) is 15.4. The van der Waals surface area contributed by atoms with Crippen LogP contribution >= 0.6 is 0 Å². The summed E-state index contributed by atoms with van der Waals surface area (Å²) in [5, 5.41) is 1.06. The SMILES string of the molecule is c1ccc(N2c3ccccc3B3c4ccccc4N(c4ccccc4)c4c3c2cc2c3c5c(nc42)B(c2ccc4ncccc4n2)c2ccccc2N5c2ccccc2B3c2ccc3ncccc3n2)cc1. The smallest absolute Gasteiger partial charge is 0.293 e. The summed E-state index contributed by atoms with van der Waals surface area (Å²) >= 11 is 0. The number of benzene rings is 7. The van der Waals surface area contributed by atoms with E-state index in [1.165, 1.54) is 21.9 Å². The van der Waals surface area contributed by atoms with Gasteiger partial charge in [0.25, 0.3) is 20.1 Å². The van der Waals surface area contributed by atoms with Gasteiger partial charge in [0.15, 0.2) is 0 Å². The van der Waals surface area contributed by atoms with Crippen molar-refractivity contribution in [3.8, 4) is 0 Å². The molecule has 0 atom stereocenters. The van der Waals surface area contributed by atoms with Crippen molar-refractivity contribution in [3.05, 3.63) is 225 Å². The Hall–Kier alpha value is -9.34. The average molecular weight is 914 g/mol. The molecule has 7 aromatic carbocycles. The van der Waals surface area contributed by atoms with Crippen LogP contribution in [0.3, 0.4) is 0 Å². The van der Waals surface area contributed by atoms with Crippen LogP contribution in [0.25, 0.3) is 33.0 Å². The summed E-state index contributed by atoms with van der Waals surface area (Å²) in [6.45, 7) is -0.722. The summed E-state index contributed by atoms with van der Waals surface area (Å²) in [7, 11) is 0. The van der Waals surface area contributed by atoms with Crippen LogP contribution in [0.2, 0.25) is 0 Å². The lowest BCUT2D eigenvalue weighted by Crippen LogP contribution is -2.67. The van der Waals surface area contributed by atoms with E-state index in [9.17, 15) is 0 Å². The molecule has 0 radical (unpaired) electrons. The van der Waals surface area contributed by atoms with E-state index in [-0.39, 0.29) is 20.1 Å². The summed E-state index contributed by atoms with van der Waals surface area (Å²) in [5.74, 6) is 0. The van der Waals surface area contributed by atoms with Crippen molar-refractivity contribution < 1.29 is 0 Å². The Bertz CT molecular complexity index is 4230. The van der Waals surface area contributed by atoms with Gasteiger partial charge in [0, 0.05) is 74.4 Å². The van der Waals surface area contributed by atoms with Crippen molar-refractivity contribution in [1.82, 2.24) is 24.9 Å². The van der Waals surface area contributed by atoms with E-state index in [1.807, 2.05) is 24.5 Å². The van der Waals surface area contributed by atoms with Crippen molar-refractivity contribution in [2.24, 2.45) is 0 Å². The second-order valence-electron chi connectivity index (χ2n) is 19.1. The molecule has 9 heterocycles. The molecule has 4 aliphatic heterocycles. The molecule has 0 aliphatic carbocycles. The molecule has 4 aliphatic rings. The minimum atomic E-state index is -0.332. The van der Waals surface area contributed by atoms with Gasteiger partial charge in [0.1, 0.15) is 0 Å². The lowest BCUT2D eigenvalue weighted by Gasteiger charge is -2.46. The number of hydrogen-bond acceptors (Lipinski definition) is 8. The zero-order valence-corrected chi connectivity index (χ0v) is 38.7. The maximum atomic E-state index is 6.26. The molecule has 12 aromatic rings. The largest absolute Gasteiger partial charge is 0.311 e. The summed E-state index contributed by atoms with van der Waals surface area (Å²) in [6.07, 6.45) is 3.68. The van der Waals surface area contributed by atoms with Crippen molar-refractivity contribution in [2.75, 3.05) is 14.7 Å². The summed E-state index contributed by atoms with van der Waals surface area (Å²) < 4.78 is 0. The van der Waals surface area contributed by atoms with Crippen LogP contribution < -0.4 is 64.3 Å². The molecule has 11 heteroatoms. The number of hydrogen-bond donors (Lipinski definition) is 0. The summed E-state index contributed by atoms with van der Waals surface area (Å²) in [6, 6.07) is 76.5. The van der Waals surface area contributed by atoms with E-state index in [0.29, 0.717) is 0 Å². The zero-order chi connectivity index (χ0) is 47.0. The fourth-order valence-corrected chi connectivity index (χ4v) is 12.6. The third-order valence-electron chi connectivity index (χ3n) is 15.4. The number of pyridine rings is 5. The second kappa shape index (κ2) is 15.1. The highest BCUT2D eigenvalue weighted by molar-refractivity contribution is 7.03. The second-order valence-corrected chi connectivity index (χ2v) is 19.1. The number of para-hydroxylation sites is 6. The standard InChI is InChI=1S/C61H37B3N8/c1-3-17-38(18-4-1)70-49-27-11-7-21-41(49)62-42-22-8-12-28-50(42)71(39-19-5-2-6-20-39)59-57(62)53(70)37-40-56-60-61(69-58(40)59)64(55-34-32-46-48(68-55)26-16-36-66-46)44-24-10-14-30-52(44)72(60)51-29-13-9-23-43(51)63(56)54-33-31-45-47(67-54)25-15-35-65-45/h1-37H. The first-order valence-electron chi connectivity index (χ1n) is 24.6. The van der Waals surface area contributed by atoms with Gasteiger partial charge >= 0.3 is 0 Å². The van der Waals surface area contributed by atoms with Crippen LogP contribution in [0, 0.1) is 0 Å². The first kappa shape index (κ1) is 39.5. The molecule has 0 saturated heterocycles. The van der Waals surface area contributed by atoms with Gasteiger partial charge in [0.2, 0.25) is 0 Å². The maximum absolute atomic E-state index is 6.26. The van der Waals surface area contributed by atoms with E-state index in [1.54, 1.807) is 0 Å². The monoisotopic (exact) mass is 914 g/mol. The van der Waals surface area contributed by atoms with Crippen LogP contribution in [0.4, 0.5) is 51.2 Å². The fourth-order valence-electron chi connectivity index (χ4n) is 12.6. The van der Waals surface area contributed by atoms with Gasteiger partial charge in [-0.1, -0.05) is 109 Å². The predicted molar refractivity (Wildman–Crippen MR) is 299 cm³/mol. The molecule has 72 heavy (non-hydrogen) atoms. The first-order chi connectivity index (χ1) is 35.8. The molecule has 5 aromatic heterocycles.